The van der Waals surface area contributed by atoms with Crippen LogP contribution in [0.15, 0.2) is 76.3 Å². The summed E-state index contributed by atoms with van der Waals surface area (Å²) < 4.78 is 13.1. The van der Waals surface area contributed by atoms with Crippen LogP contribution in [0.2, 0.25) is 0 Å². The Balaban J connectivity index is 1.58. The maximum atomic E-state index is 13.4. The van der Waals surface area contributed by atoms with Crippen molar-refractivity contribution >= 4 is 16.8 Å². The van der Waals surface area contributed by atoms with Crippen LogP contribution in [0.1, 0.15) is 18.1 Å². The van der Waals surface area contributed by atoms with Gasteiger partial charge in [0.1, 0.15) is 6.54 Å². The minimum absolute atomic E-state index is 0.210. The fourth-order valence-corrected chi connectivity index (χ4v) is 4.16. The summed E-state index contributed by atoms with van der Waals surface area (Å²) in [6.45, 7) is 2.20. The zero-order chi connectivity index (χ0) is 25.7. The molecule has 4 rings (SSSR count). The van der Waals surface area contributed by atoms with Gasteiger partial charge in [-0.2, -0.15) is 0 Å². The fourth-order valence-electron chi connectivity index (χ4n) is 4.16. The summed E-state index contributed by atoms with van der Waals surface area (Å²) in [5, 5.41) is 3.24. The molecule has 0 fully saturated rings. The van der Waals surface area contributed by atoms with Crippen LogP contribution in [0.4, 0.5) is 0 Å². The van der Waals surface area contributed by atoms with Crippen LogP contribution in [0.5, 0.6) is 11.5 Å². The summed E-state index contributed by atoms with van der Waals surface area (Å²) in [6, 6.07) is 19.7. The van der Waals surface area contributed by atoms with Crippen molar-refractivity contribution < 1.29 is 14.3 Å². The first kappa shape index (κ1) is 24.8. The molecule has 0 bridgehead atoms. The molecular weight excluding hydrogens is 458 g/mol. The number of nitrogens with zero attached hydrogens (tertiary/aromatic N) is 2. The molecule has 1 N–H and O–H groups in total. The van der Waals surface area contributed by atoms with Crippen molar-refractivity contribution in [1.82, 2.24) is 14.5 Å². The first-order valence-electron chi connectivity index (χ1n) is 11.8. The molecule has 3 aromatic carbocycles. The van der Waals surface area contributed by atoms with Gasteiger partial charge in [-0.1, -0.05) is 37.3 Å². The Bertz CT molecular complexity index is 1500. The summed E-state index contributed by atoms with van der Waals surface area (Å²) >= 11 is 0. The topological polar surface area (TPSA) is 91.6 Å². The monoisotopic (exact) mass is 487 g/mol. The molecular formula is C28H29N3O5. The molecule has 0 radical (unpaired) electrons. The molecule has 1 heterocycles. The average molecular weight is 488 g/mol. The first-order chi connectivity index (χ1) is 17.5. The van der Waals surface area contributed by atoms with Crippen molar-refractivity contribution in [3.05, 3.63) is 98.7 Å². The Kier molecular flexibility index (Phi) is 7.53. The van der Waals surface area contributed by atoms with E-state index in [9.17, 15) is 14.4 Å². The maximum Gasteiger partial charge on any atom is 0.336 e. The third-order valence-electron chi connectivity index (χ3n) is 6.14. The van der Waals surface area contributed by atoms with Crippen molar-refractivity contribution in [2.45, 2.75) is 26.3 Å². The van der Waals surface area contributed by atoms with Gasteiger partial charge in [-0.25, -0.2) is 9.36 Å². The number of hydrogen-bond donors (Lipinski definition) is 1. The smallest absolute Gasteiger partial charge is 0.336 e. The highest BCUT2D eigenvalue weighted by molar-refractivity contribution is 5.82. The Morgan fingerprint density at radius 3 is 2.28 bits per heavy atom. The van der Waals surface area contributed by atoms with Gasteiger partial charge in [0.05, 0.1) is 30.8 Å². The van der Waals surface area contributed by atoms with E-state index in [1.165, 1.54) is 4.57 Å². The summed E-state index contributed by atoms with van der Waals surface area (Å²) in [5.74, 6) is 0.929. The van der Waals surface area contributed by atoms with E-state index in [1.54, 1.807) is 50.6 Å². The van der Waals surface area contributed by atoms with Crippen LogP contribution < -0.4 is 26.0 Å². The highest BCUT2D eigenvalue weighted by atomic mass is 16.5. The molecule has 8 heteroatoms. The maximum absolute atomic E-state index is 13.4. The summed E-state index contributed by atoms with van der Waals surface area (Å²) in [5.41, 5.74) is 1.99. The van der Waals surface area contributed by atoms with Gasteiger partial charge in [-0.15, -0.1) is 0 Å². The zero-order valence-electron chi connectivity index (χ0n) is 20.6. The summed E-state index contributed by atoms with van der Waals surface area (Å²) in [4.78, 5) is 39.5. The second kappa shape index (κ2) is 10.9. The number of fused-ring (bicyclic) bond motifs is 1. The van der Waals surface area contributed by atoms with E-state index in [-0.39, 0.29) is 12.5 Å². The predicted octanol–water partition coefficient (Wildman–Crippen LogP) is 3.09. The summed E-state index contributed by atoms with van der Waals surface area (Å²) in [6.07, 6.45) is 1.42. The molecule has 8 nitrogen and oxygen atoms in total. The number of benzene rings is 3. The molecule has 36 heavy (non-hydrogen) atoms. The number of para-hydroxylation sites is 1. The highest BCUT2D eigenvalue weighted by Crippen LogP contribution is 2.27. The van der Waals surface area contributed by atoms with Gasteiger partial charge in [0, 0.05) is 6.54 Å². The van der Waals surface area contributed by atoms with Gasteiger partial charge < -0.3 is 14.8 Å². The largest absolute Gasteiger partial charge is 0.493 e. The number of methoxy groups -OCH3 is 2. The predicted molar refractivity (Wildman–Crippen MR) is 139 cm³/mol. The van der Waals surface area contributed by atoms with E-state index >= 15 is 0 Å². The van der Waals surface area contributed by atoms with Gasteiger partial charge in [0.15, 0.2) is 11.5 Å². The quantitative estimate of drug-likeness (QED) is 0.392. The minimum atomic E-state index is -0.557. The molecule has 0 aliphatic rings. The van der Waals surface area contributed by atoms with Gasteiger partial charge in [-0.05, 0) is 60.4 Å². The minimum Gasteiger partial charge on any atom is -0.493 e. The second-order valence-electron chi connectivity index (χ2n) is 8.34. The lowest BCUT2D eigenvalue weighted by Crippen LogP contribution is -2.42. The van der Waals surface area contributed by atoms with Crippen LogP contribution in [-0.4, -0.2) is 35.8 Å². The first-order valence-corrected chi connectivity index (χ1v) is 11.8. The van der Waals surface area contributed by atoms with Crippen LogP contribution in [0, 0.1) is 0 Å². The number of carbonyl (C=O) groups excluding carboxylic acids is 1. The normalized spacial score (nSPS) is 10.9. The van der Waals surface area contributed by atoms with E-state index in [2.05, 4.69) is 5.32 Å². The van der Waals surface area contributed by atoms with Crippen LogP contribution in [0.25, 0.3) is 16.6 Å². The van der Waals surface area contributed by atoms with Crippen molar-refractivity contribution in [2.75, 3.05) is 20.8 Å². The van der Waals surface area contributed by atoms with Gasteiger partial charge >= 0.3 is 5.69 Å². The number of nitrogens with one attached hydrogen (secondary N) is 1. The molecule has 0 atom stereocenters. The number of carbonyl (C=O) groups is 1. The highest BCUT2D eigenvalue weighted by Gasteiger charge is 2.16. The van der Waals surface area contributed by atoms with E-state index in [0.29, 0.717) is 41.1 Å². The van der Waals surface area contributed by atoms with E-state index in [4.69, 9.17) is 9.47 Å². The number of rotatable bonds is 9. The van der Waals surface area contributed by atoms with Gasteiger partial charge in [-0.3, -0.25) is 14.2 Å². The number of amides is 1. The van der Waals surface area contributed by atoms with Crippen LogP contribution >= 0.6 is 0 Å². The van der Waals surface area contributed by atoms with Crippen molar-refractivity contribution in [3.8, 4) is 17.2 Å². The molecule has 0 unspecified atom stereocenters. The molecule has 1 aromatic heterocycles. The number of hydrogen-bond acceptors (Lipinski definition) is 5. The lowest BCUT2D eigenvalue weighted by atomic mass is 10.1. The molecule has 0 saturated carbocycles. The Hall–Kier alpha value is -4.33. The fraction of sp³-hybridized carbons (Fsp3) is 0.250. The third kappa shape index (κ3) is 5.02. The van der Waals surface area contributed by atoms with Gasteiger partial charge in [0.25, 0.3) is 5.56 Å². The van der Waals surface area contributed by atoms with E-state index in [1.807, 2.05) is 37.3 Å². The molecule has 1 amide bonds. The molecule has 186 valence electrons. The van der Waals surface area contributed by atoms with Crippen molar-refractivity contribution in [1.29, 1.82) is 0 Å². The molecule has 4 aromatic rings. The Morgan fingerprint density at radius 2 is 1.58 bits per heavy atom. The number of ether oxygens (including phenoxy) is 2. The third-order valence-corrected chi connectivity index (χ3v) is 6.14. The van der Waals surface area contributed by atoms with E-state index < -0.39 is 11.2 Å². The summed E-state index contributed by atoms with van der Waals surface area (Å²) in [7, 11) is 3.15. The molecule has 0 aliphatic carbocycles. The Morgan fingerprint density at radius 1 is 0.889 bits per heavy atom. The van der Waals surface area contributed by atoms with Crippen LogP contribution in [-0.2, 0) is 24.2 Å². The lowest BCUT2D eigenvalue weighted by molar-refractivity contribution is -0.121. The van der Waals surface area contributed by atoms with Crippen molar-refractivity contribution in [2.24, 2.45) is 0 Å². The molecule has 0 aliphatic heterocycles. The number of aryl methyl sites for hydroxylation is 1. The van der Waals surface area contributed by atoms with E-state index in [0.717, 1.165) is 22.1 Å². The molecule has 0 saturated heterocycles. The second-order valence-corrected chi connectivity index (χ2v) is 8.34. The average Bonchev–Trinajstić information content (AvgIpc) is 2.91. The van der Waals surface area contributed by atoms with Crippen LogP contribution in [0.3, 0.4) is 0 Å². The van der Waals surface area contributed by atoms with Crippen molar-refractivity contribution in [3.63, 3.8) is 0 Å². The Labute approximate surface area is 208 Å². The zero-order valence-corrected chi connectivity index (χ0v) is 20.6. The number of aromatic nitrogens is 2. The standard InChI is InChI=1S/C28H29N3O5/c1-4-19-9-12-21(13-10-19)31-27(33)22-7-5-6-8-23(22)30(28(31)34)18-26(32)29-16-15-20-11-14-24(35-2)25(17-20)36-3/h5-14,17H,4,15-16,18H2,1-3H3,(H,29,32). The van der Waals surface area contributed by atoms with Gasteiger partial charge in [0.2, 0.25) is 5.91 Å². The SMILES string of the molecule is CCc1ccc(-n2c(=O)c3ccccc3n(CC(=O)NCCc3ccc(OC)c(OC)c3)c2=O)cc1. The molecule has 0 spiro atoms. The lowest BCUT2D eigenvalue weighted by Gasteiger charge is -2.15.